The summed E-state index contributed by atoms with van der Waals surface area (Å²) < 4.78 is 12.8. The summed E-state index contributed by atoms with van der Waals surface area (Å²) >= 11 is 0. The van der Waals surface area contributed by atoms with Gasteiger partial charge in [-0.3, -0.25) is 4.90 Å². The van der Waals surface area contributed by atoms with Crippen molar-refractivity contribution in [3.05, 3.63) is 35.6 Å². The van der Waals surface area contributed by atoms with Crippen LogP contribution in [-0.4, -0.2) is 30.6 Å². The van der Waals surface area contributed by atoms with Crippen LogP contribution < -0.4 is 5.32 Å². The fourth-order valence-corrected chi connectivity index (χ4v) is 3.52. The number of rotatable bonds is 4. The topological polar surface area (TPSA) is 15.3 Å². The highest BCUT2D eigenvalue weighted by Gasteiger charge is 2.38. The zero-order chi connectivity index (χ0) is 13.9. The van der Waals surface area contributed by atoms with Crippen LogP contribution in [0.2, 0.25) is 0 Å². The standard InChI is InChI=1S/C17H21FN2/c1-2-14-12-20-8-7-15(14)9-17(20)11-19-10-13-3-5-16(18)6-4-13/h1,3-6,14-15,17,19H,7-12H2/t14-,15-,17+/m0/s1. The van der Waals surface area contributed by atoms with Crippen molar-refractivity contribution >= 4 is 0 Å². The van der Waals surface area contributed by atoms with Crippen molar-refractivity contribution in [1.29, 1.82) is 0 Å². The van der Waals surface area contributed by atoms with E-state index in [4.69, 9.17) is 6.42 Å². The summed E-state index contributed by atoms with van der Waals surface area (Å²) in [5.74, 6) is 3.94. The lowest BCUT2D eigenvalue weighted by molar-refractivity contribution is 0.0227. The Bertz CT molecular complexity index is 491. The minimum atomic E-state index is -0.176. The van der Waals surface area contributed by atoms with E-state index in [-0.39, 0.29) is 5.82 Å². The van der Waals surface area contributed by atoms with Crippen LogP contribution in [-0.2, 0) is 6.54 Å². The maximum atomic E-state index is 12.8. The van der Waals surface area contributed by atoms with Crippen LogP contribution in [0.1, 0.15) is 18.4 Å². The van der Waals surface area contributed by atoms with Gasteiger partial charge in [0.15, 0.2) is 0 Å². The number of hydrogen-bond acceptors (Lipinski definition) is 2. The second kappa shape index (κ2) is 5.95. The van der Waals surface area contributed by atoms with Gasteiger partial charge in [-0.25, -0.2) is 4.39 Å². The summed E-state index contributed by atoms with van der Waals surface area (Å²) in [5, 5.41) is 3.49. The van der Waals surface area contributed by atoms with Crippen molar-refractivity contribution in [2.45, 2.75) is 25.4 Å². The molecule has 3 heteroatoms. The molecule has 0 saturated carbocycles. The molecule has 3 aliphatic rings. The minimum absolute atomic E-state index is 0.176. The Morgan fingerprint density at radius 1 is 1.35 bits per heavy atom. The van der Waals surface area contributed by atoms with E-state index in [0.717, 1.165) is 25.2 Å². The molecule has 0 spiro atoms. The number of nitrogens with zero attached hydrogens (tertiary/aromatic N) is 1. The summed E-state index contributed by atoms with van der Waals surface area (Å²) in [4.78, 5) is 2.53. The molecule has 0 amide bonds. The lowest BCUT2D eigenvalue weighted by Gasteiger charge is -2.48. The average Bonchev–Trinajstić information content (AvgIpc) is 2.50. The molecular formula is C17H21FN2. The highest BCUT2D eigenvalue weighted by Crippen LogP contribution is 2.35. The zero-order valence-electron chi connectivity index (χ0n) is 11.7. The Labute approximate surface area is 120 Å². The molecule has 1 aromatic carbocycles. The summed E-state index contributed by atoms with van der Waals surface area (Å²) in [6, 6.07) is 7.31. The fourth-order valence-electron chi connectivity index (χ4n) is 3.52. The van der Waals surface area contributed by atoms with E-state index in [1.165, 1.54) is 31.5 Å². The number of terminal acetylenes is 1. The zero-order valence-corrected chi connectivity index (χ0v) is 11.7. The molecule has 0 aliphatic carbocycles. The predicted molar refractivity (Wildman–Crippen MR) is 78.5 cm³/mol. The van der Waals surface area contributed by atoms with Crippen LogP contribution in [0.3, 0.4) is 0 Å². The number of halogens is 1. The molecule has 3 heterocycles. The quantitative estimate of drug-likeness (QED) is 0.846. The molecule has 3 aliphatic heterocycles. The molecule has 1 unspecified atom stereocenters. The van der Waals surface area contributed by atoms with Crippen LogP contribution in [0.25, 0.3) is 0 Å². The van der Waals surface area contributed by atoms with Gasteiger partial charge in [-0.05, 0) is 43.0 Å². The molecule has 1 aromatic rings. The van der Waals surface area contributed by atoms with E-state index in [9.17, 15) is 4.39 Å². The van der Waals surface area contributed by atoms with Gasteiger partial charge in [0, 0.05) is 31.6 Å². The van der Waals surface area contributed by atoms with Gasteiger partial charge >= 0.3 is 0 Å². The normalized spacial score (nSPS) is 32.0. The Hall–Kier alpha value is -1.37. The van der Waals surface area contributed by atoms with Crippen molar-refractivity contribution in [3.63, 3.8) is 0 Å². The molecule has 20 heavy (non-hydrogen) atoms. The number of nitrogens with one attached hydrogen (secondary N) is 1. The van der Waals surface area contributed by atoms with Gasteiger partial charge in [0.25, 0.3) is 0 Å². The number of benzene rings is 1. The van der Waals surface area contributed by atoms with Gasteiger partial charge in [0.05, 0.1) is 0 Å². The first-order chi connectivity index (χ1) is 9.76. The third-order valence-corrected chi connectivity index (χ3v) is 4.71. The molecule has 2 nitrogen and oxygen atoms in total. The molecule has 0 aromatic heterocycles. The van der Waals surface area contributed by atoms with E-state index in [2.05, 4.69) is 16.1 Å². The van der Waals surface area contributed by atoms with Crippen molar-refractivity contribution in [2.75, 3.05) is 19.6 Å². The molecule has 3 saturated heterocycles. The first-order valence-corrected chi connectivity index (χ1v) is 7.41. The van der Waals surface area contributed by atoms with Gasteiger partial charge in [-0.2, -0.15) is 0 Å². The van der Waals surface area contributed by atoms with Crippen molar-refractivity contribution in [1.82, 2.24) is 10.2 Å². The third-order valence-electron chi connectivity index (χ3n) is 4.71. The number of fused-ring (bicyclic) bond motifs is 3. The second-order valence-electron chi connectivity index (χ2n) is 5.96. The highest BCUT2D eigenvalue weighted by molar-refractivity contribution is 5.15. The van der Waals surface area contributed by atoms with Crippen molar-refractivity contribution in [3.8, 4) is 12.3 Å². The van der Waals surface area contributed by atoms with Gasteiger partial charge in [-0.1, -0.05) is 12.1 Å². The van der Waals surface area contributed by atoms with E-state index in [0.29, 0.717) is 17.9 Å². The van der Waals surface area contributed by atoms with E-state index in [1.54, 1.807) is 0 Å². The van der Waals surface area contributed by atoms with Gasteiger partial charge < -0.3 is 5.32 Å². The SMILES string of the molecule is C#C[C@H]1CN2CC[C@H]1C[C@@H]2CNCc1ccc(F)cc1. The van der Waals surface area contributed by atoms with Gasteiger partial charge in [0.1, 0.15) is 5.82 Å². The van der Waals surface area contributed by atoms with E-state index in [1.807, 2.05) is 12.1 Å². The van der Waals surface area contributed by atoms with Crippen LogP contribution in [0.15, 0.2) is 24.3 Å². The van der Waals surface area contributed by atoms with Crippen LogP contribution >= 0.6 is 0 Å². The number of piperidine rings is 3. The Morgan fingerprint density at radius 3 is 2.80 bits per heavy atom. The third kappa shape index (κ3) is 2.87. The molecule has 2 bridgehead atoms. The van der Waals surface area contributed by atoms with Gasteiger partial charge in [0.2, 0.25) is 0 Å². The van der Waals surface area contributed by atoms with Crippen molar-refractivity contribution < 1.29 is 4.39 Å². The lowest BCUT2D eigenvalue weighted by Crippen LogP contribution is -2.55. The largest absolute Gasteiger partial charge is 0.311 e. The van der Waals surface area contributed by atoms with Crippen LogP contribution in [0.5, 0.6) is 0 Å². The van der Waals surface area contributed by atoms with E-state index < -0.39 is 0 Å². The highest BCUT2D eigenvalue weighted by atomic mass is 19.1. The molecule has 1 N–H and O–H groups in total. The molecule has 4 rings (SSSR count). The summed E-state index contributed by atoms with van der Waals surface area (Å²) in [5.41, 5.74) is 1.13. The maximum Gasteiger partial charge on any atom is 0.123 e. The van der Waals surface area contributed by atoms with Crippen LogP contribution in [0, 0.1) is 30.0 Å². The number of hydrogen-bond donors (Lipinski definition) is 1. The summed E-state index contributed by atoms with van der Waals surface area (Å²) in [6.07, 6.45) is 8.07. The summed E-state index contributed by atoms with van der Waals surface area (Å²) in [6.45, 7) is 4.04. The molecule has 3 fully saturated rings. The Morgan fingerprint density at radius 2 is 2.15 bits per heavy atom. The molecular weight excluding hydrogens is 251 g/mol. The van der Waals surface area contributed by atoms with Crippen LogP contribution in [0.4, 0.5) is 4.39 Å². The van der Waals surface area contributed by atoms with Gasteiger partial charge in [-0.15, -0.1) is 12.3 Å². The fraction of sp³-hybridized carbons (Fsp3) is 0.529. The Kier molecular flexibility index (Phi) is 4.05. The monoisotopic (exact) mass is 272 g/mol. The molecule has 4 atom stereocenters. The lowest BCUT2D eigenvalue weighted by atomic mass is 9.76. The first-order valence-electron chi connectivity index (χ1n) is 7.41. The smallest absolute Gasteiger partial charge is 0.123 e. The first kappa shape index (κ1) is 13.6. The predicted octanol–water partition coefficient (Wildman–Crippen LogP) is 2.26. The molecule has 106 valence electrons. The second-order valence-corrected chi connectivity index (χ2v) is 5.96. The minimum Gasteiger partial charge on any atom is -0.311 e. The Balaban J connectivity index is 1.48. The summed E-state index contributed by atoms with van der Waals surface area (Å²) in [7, 11) is 0. The average molecular weight is 272 g/mol. The van der Waals surface area contributed by atoms with Crippen molar-refractivity contribution in [2.24, 2.45) is 11.8 Å². The molecule has 0 radical (unpaired) electrons. The van der Waals surface area contributed by atoms with E-state index >= 15 is 0 Å². The maximum absolute atomic E-state index is 12.8.